The molecular formula is C14H17N3O3S. The molecule has 1 unspecified atom stereocenters. The molecule has 0 spiro atoms. The molecule has 0 aliphatic rings. The summed E-state index contributed by atoms with van der Waals surface area (Å²) in [5.74, 6) is -1.29. The number of thiazole rings is 1. The lowest BCUT2D eigenvalue weighted by atomic mass is 10.3. The summed E-state index contributed by atoms with van der Waals surface area (Å²) in [6.07, 6.45) is 4.31. The summed E-state index contributed by atoms with van der Waals surface area (Å²) in [5, 5.41) is 12.5. The summed E-state index contributed by atoms with van der Waals surface area (Å²) >= 11 is 1.57. The molecule has 2 aromatic heterocycles. The molecule has 1 atom stereocenters. The van der Waals surface area contributed by atoms with Gasteiger partial charge in [-0.2, -0.15) is 0 Å². The summed E-state index contributed by atoms with van der Waals surface area (Å²) in [6.45, 7) is 3.68. The van der Waals surface area contributed by atoms with Crippen molar-refractivity contribution in [2.75, 3.05) is 0 Å². The van der Waals surface area contributed by atoms with Crippen LogP contribution in [0.1, 0.15) is 40.3 Å². The van der Waals surface area contributed by atoms with Crippen LogP contribution >= 0.6 is 11.3 Å². The highest BCUT2D eigenvalue weighted by Gasteiger charge is 2.17. The molecule has 0 aliphatic heterocycles. The average Bonchev–Trinajstić information content (AvgIpc) is 3.06. The van der Waals surface area contributed by atoms with E-state index in [-0.39, 0.29) is 18.5 Å². The maximum Gasteiger partial charge on any atom is 0.323 e. The number of aromatic nitrogens is 2. The zero-order valence-electron chi connectivity index (χ0n) is 11.9. The number of carboxylic acids is 1. The topological polar surface area (TPSA) is 84.2 Å². The molecule has 2 N–H and O–H groups in total. The van der Waals surface area contributed by atoms with E-state index in [0.717, 1.165) is 11.4 Å². The molecule has 0 radical (unpaired) electrons. The lowest BCUT2D eigenvalue weighted by Crippen LogP contribution is -2.29. The van der Waals surface area contributed by atoms with Crippen LogP contribution in [-0.4, -0.2) is 26.5 Å². The second kappa shape index (κ2) is 6.53. The van der Waals surface area contributed by atoms with E-state index in [0.29, 0.717) is 5.69 Å². The second-order valence-electron chi connectivity index (χ2n) is 4.63. The Kier molecular flexibility index (Phi) is 4.74. The van der Waals surface area contributed by atoms with Gasteiger partial charge >= 0.3 is 5.97 Å². The van der Waals surface area contributed by atoms with Gasteiger partial charge in [-0.15, -0.1) is 11.3 Å². The largest absolute Gasteiger partial charge is 0.480 e. The second-order valence-corrected chi connectivity index (χ2v) is 5.78. The predicted molar refractivity (Wildman–Crippen MR) is 79.4 cm³/mol. The van der Waals surface area contributed by atoms with Crippen molar-refractivity contribution in [1.29, 1.82) is 0 Å². The Bertz CT molecular complexity index is 647. The van der Waals surface area contributed by atoms with E-state index < -0.39 is 5.97 Å². The molecule has 0 bridgehead atoms. The molecule has 0 aromatic carbocycles. The van der Waals surface area contributed by atoms with Crippen molar-refractivity contribution in [2.45, 2.75) is 32.9 Å². The average molecular weight is 307 g/mol. The number of aryl methyl sites for hydroxylation is 1. The van der Waals surface area contributed by atoms with E-state index in [1.807, 2.05) is 13.1 Å². The molecule has 7 heteroatoms. The third-order valence-corrected chi connectivity index (χ3v) is 4.33. The Morgan fingerprint density at radius 3 is 2.90 bits per heavy atom. The number of rotatable bonds is 6. The van der Waals surface area contributed by atoms with Gasteiger partial charge in [-0.05, 0) is 25.5 Å². The van der Waals surface area contributed by atoms with Gasteiger partial charge in [-0.3, -0.25) is 9.59 Å². The highest BCUT2D eigenvalue weighted by atomic mass is 32.1. The van der Waals surface area contributed by atoms with Crippen LogP contribution < -0.4 is 5.32 Å². The number of hydrogen-bond donors (Lipinski definition) is 2. The van der Waals surface area contributed by atoms with Crippen molar-refractivity contribution < 1.29 is 14.7 Å². The molecular weight excluding hydrogens is 290 g/mol. The normalized spacial score (nSPS) is 12.1. The van der Waals surface area contributed by atoms with Gasteiger partial charge in [-0.1, -0.05) is 6.92 Å². The van der Waals surface area contributed by atoms with E-state index in [1.165, 1.54) is 9.44 Å². The molecule has 6 nitrogen and oxygen atoms in total. The first kappa shape index (κ1) is 15.2. The summed E-state index contributed by atoms with van der Waals surface area (Å²) in [4.78, 5) is 28.4. The maximum absolute atomic E-state index is 12.2. The van der Waals surface area contributed by atoms with Gasteiger partial charge in [0.25, 0.3) is 5.91 Å². The fraction of sp³-hybridized carbons (Fsp3) is 0.357. The van der Waals surface area contributed by atoms with Crippen molar-refractivity contribution in [1.82, 2.24) is 14.9 Å². The van der Waals surface area contributed by atoms with Gasteiger partial charge in [0.05, 0.1) is 6.04 Å². The first-order valence-electron chi connectivity index (χ1n) is 6.63. The van der Waals surface area contributed by atoms with Crippen molar-refractivity contribution in [2.24, 2.45) is 0 Å². The number of hydrogen-bond acceptors (Lipinski definition) is 4. The van der Waals surface area contributed by atoms with Crippen molar-refractivity contribution in [3.05, 3.63) is 40.1 Å². The number of nitrogens with one attached hydrogen (secondary N) is 1. The predicted octanol–water partition coefficient (Wildman–Crippen LogP) is 2.08. The summed E-state index contributed by atoms with van der Waals surface area (Å²) < 4.78 is 1.41. The minimum absolute atomic E-state index is 0.212. The minimum atomic E-state index is -0.985. The van der Waals surface area contributed by atoms with Crippen molar-refractivity contribution in [3.8, 4) is 0 Å². The van der Waals surface area contributed by atoms with Gasteiger partial charge in [0, 0.05) is 17.3 Å². The lowest BCUT2D eigenvalue weighted by Gasteiger charge is -2.12. The summed E-state index contributed by atoms with van der Waals surface area (Å²) in [5.41, 5.74) is 0.330. The van der Waals surface area contributed by atoms with E-state index >= 15 is 0 Å². The van der Waals surface area contributed by atoms with E-state index in [1.54, 1.807) is 29.7 Å². The van der Waals surface area contributed by atoms with Gasteiger partial charge in [0.2, 0.25) is 0 Å². The molecule has 0 fully saturated rings. The smallest absolute Gasteiger partial charge is 0.323 e. The number of aliphatic carboxylic acids is 1. The van der Waals surface area contributed by atoms with Crippen LogP contribution in [0.2, 0.25) is 0 Å². The molecule has 2 rings (SSSR count). The molecule has 21 heavy (non-hydrogen) atoms. The Labute approximate surface area is 126 Å². The fourth-order valence-electron chi connectivity index (χ4n) is 1.92. The first-order chi connectivity index (χ1) is 10.0. The summed E-state index contributed by atoms with van der Waals surface area (Å²) in [6, 6.07) is 3.04. The highest BCUT2D eigenvalue weighted by molar-refractivity contribution is 7.11. The molecule has 0 saturated carbocycles. The van der Waals surface area contributed by atoms with Crippen LogP contribution in [0.4, 0.5) is 0 Å². The number of nitrogens with zero attached hydrogens (tertiary/aromatic N) is 2. The molecule has 2 aromatic rings. The van der Waals surface area contributed by atoms with Crippen LogP contribution in [0.3, 0.4) is 0 Å². The van der Waals surface area contributed by atoms with Crippen LogP contribution in [0.15, 0.2) is 24.5 Å². The van der Waals surface area contributed by atoms with Crippen molar-refractivity contribution in [3.63, 3.8) is 0 Å². The zero-order chi connectivity index (χ0) is 15.4. The molecule has 0 aliphatic carbocycles. The Hall–Kier alpha value is -2.15. The maximum atomic E-state index is 12.2. The fourth-order valence-corrected chi connectivity index (χ4v) is 2.78. The number of carbonyl (C=O) groups is 2. The molecule has 2 heterocycles. The van der Waals surface area contributed by atoms with Crippen LogP contribution in [0, 0.1) is 0 Å². The van der Waals surface area contributed by atoms with Gasteiger partial charge in [0.1, 0.15) is 17.2 Å². The monoisotopic (exact) mass is 307 g/mol. The Morgan fingerprint density at radius 2 is 2.29 bits per heavy atom. The van der Waals surface area contributed by atoms with Crippen LogP contribution in [0.5, 0.6) is 0 Å². The summed E-state index contributed by atoms with van der Waals surface area (Å²) in [7, 11) is 0. The number of carbonyl (C=O) groups excluding carboxylic acids is 1. The third kappa shape index (κ3) is 3.69. The van der Waals surface area contributed by atoms with E-state index in [9.17, 15) is 9.59 Å². The van der Waals surface area contributed by atoms with Gasteiger partial charge in [0.15, 0.2) is 0 Å². The SMILES string of the molecule is CCc1cnc(C(C)NC(=O)c2cccn2CC(=O)O)s1. The zero-order valence-corrected chi connectivity index (χ0v) is 12.7. The van der Waals surface area contributed by atoms with Gasteiger partial charge < -0.3 is 15.0 Å². The molecule has 0 saturated heterocycles. The lowest BCUT2D eigenvalue weighted by molar-refractivity contribution is -0.137. The molecule has 1 amide bonds. The number of carboxylic acid groups (broad SMARTS) is 1. The standard InChI is InChI=1S/C14H17N3O3S/c1-3-10-7-15-14(21-10)9(2)16-13(20)11-5-4-6-17(11)8-12(18)19/h4-7,9H,3,8H2,1-2H3,(H,16,20)(H,18,19). The first-order valence-corrected chi connectivity index (χ1v) is 7.45. The van der Waals surface area contributed by atoms with E-state index in [4.69, 9.17) is 5.11 Å². The number of amides is 1. The van der Waals surface area contributed by atoms with Crippen LogP contribution in [-0.2, 0) is 17.8 Å². The third-order valence-electron chi connectivity index (χ3n) is 3.01. The quantitative estimate of drug-likeness (QED) is 0.856. The minimum Gasteiger partial charge on any atom is -0.480 e. The van der Waals surface area contributed by atoms with Crippen LogP contribution in [0.25, 0.3) is 0 Å². The van der Waals surface area contributed by atoms with E-state index in [2.05, 4.69) is 17.2 Å². The van der Waals surface area contributed by atoms with Gasteiger partial charge in [-0.25, -0.2) is 4.98 Å². The van der Waals surface area contributed by atoms with Crippen molar-refractivity contribution >= 4 is 23.2 Å². The Balaban J connectivity index is 2.07. The Morgan fingerprint density at radius 1 is 1.52 bits per heavy atom. The molecule has 112 valence electrons. The highest BCUT2D eigenvalue weighted by Crippen LogP contribution is 2.20.